The molecule has 0 aromatic heterocycles. The van der Waals surface area contributed by atoms with Gasteiger partial charge >= 0.3 is 0 Å². The van der Waals surface area contributed by atoms with E-state index in [9.17, 15) is 8.78 Å². The summed E-state index contributed by atoms with van der Waals surface area (Å²) in [6.07, 6.45) is 0. The van der Waals surface area contributed by atoms with Crippen molar-refractivity contribution in [1.82, 2.24) is 0 Å². The van der Waals surface area contributed by atoms with Crippen molar-refractivity contribution >= 4 is 33.2 Å². The summed E-state index contributed by atoms with van der Waals surface area (Å²) in [5, 5.41) is 3.61. The molecule has 0 saturated heterocycles. The van der Waals surface area contributed by atoms with Crippen LogP contribution in [-0.2, 0) is 6.54 Å². The highest BCUT2D eigenvalue weighted by Crippen LogP contribution is 2.23. The molecule has 0 aliphatic carbocycles. The van der Waals surface area contributed by atoms with Crippen LogP contribution < -0.4 is 5.32 Å². The second-order valence-corrected chi connectivity index (χ2v) is 4.99. The van der Waals surface area contributed by atoms with Crippen molar-refractivity contribution in [3.63, 3.8) is 0 Å². The minimum absolute atomic E-state index is 0.484. The SMILES string of the molecule is Fc1ccc(NCc2ccc(Br)c(Cl)c2)cc1F. The lowest BCUT2D eigenvalue weighted by molar-refractivity contribution is 0.509. The van der Waals surface area contributed by atoms with Gasteiger partial charge in [-0.3, -0.25) is 0 Å². The minimum Gasteiger partial charge on any atom is -0.381 e. The number of anilines is 1. The van der Waals surface area contributed by atoms with Crippen LogP contribution in [0.1, 0.15) is 5.56 Å². The van der Waals surface area contributed by atoms with E-state index >= 15 is 0 Å². The van der Waals surface area contributed by atoms with Crippen LogP contribution in [0.2, 0.25) is 5.02 Å². The lowest BCUT2D eigenvalue weighted by atomic mass is 10.2. The molecule has 0 atom stereocenters. The standard InChI is InChI=1S/C13H9BrClF2N/c14-10-3-1-8(5-11(10)15)7-18-9-2-4-12(16)13(17)6-9/h1-6,18H,7H2. The quantitative estimate of drug-likeness (QED) is 0.834. The van der Waals surface area contributed by atoms with Gasteiger partial charge < -0.3 is 5.32 Å². The number of hydrogen-bond acceptors (Lipinski definition) is 1. The molecule has 18 heavy (non-hydrogen) atoms. The molecule has 2 aromatic rings. The van der Waals surface area contributed by atoms with Crippen LogP contribution in [0.5, 0.6) is 0 Å². The summed E-state index contributed by atoms with van der Waals surface area (Å²) in [5.74, 6) is -1.72. The smallest absolute Gasteiger partial charge is 0.160 e. The Morgan fingerprint density at radius 2 is 1.83 bits per heavy atom. The maximum Gasteiger partial charge on any atom is 0.160 e. The van der Waals surface area contributed by atoms with Crippen LogP contribution in [0.3, 0.4) is 0 Å². The highest BCUT2D eigenvalue weighted by molar-refractivity contribution is 9.10. The van der Waals surface area contributed by atoms with E-state index in [0.29, 0.717) is 17.3 Å². The molecule has 2 rings (SSSR count). The normalized spacial score (nSPS) is 10.4. The van der Waals surface area contributed by atoms with Gasteiger partial charge in [-0.15, -0.1) is 0 Å². The van der Waals surface area contributed by atoms with Crippen molar-refractivity contribution in [1.29, 1.82) is 0 Å². The van der Waals surface area contributed by atoms with Gasteiger partial charge in [0, 0.05) is 22.8 Å². The predicted octanol–water partition coefficient (Wildman–Crippen LogP) is 4.99. The van der Waals surface area contributed by atoms with Gasteiger partial charge in [-0.1, -0.05) is 17.7 Å². The second-order valence-electron chi connectivity index (χ2n) is 3.73. The fourth-order valence-corrected chi connectivity index (χ4v) is 1.91. The van der Waals surface area contributed by atoms with Gasteiger partial charge in [-0.25, -0.2) is 8.78 Å². The average molecular weight is 333 g/mol. The van der Waals surface area contributed by atoms with Crippen LogP contribution in [0.25, 0.3) is 0 Å². The van der Waals surface area contributed by atoms with Gasteiger partial charge in [0.1, 0.15) is 0 Å². The average Bonchev–Trinajstić information content (AvgIpc) is 2.35. The number of nitrogens with one attached hydrogen (secondary N) is 1. The van der Waals surface area contributed by atoms with Gasteiger partial charge in [0.05, 0.1) is 5.02 Å². The van der Waals surface area contributed by atoms with Gasteiger partial charge in [0.15, 0.2) is 11.6 Å². The first-order valence-corrected chi connectivity index (χ1v) is 6.36. The van der Waals surface area contributed by atoms with E-state index < -0.39 is 11.6 Å². The molecule has 0 fully saturated rings. The first-order valence-electron chi connectivity index (χ1n) is 5.19. The zero-order chi connectivity index (χ0) is 13.1. The molecule has 1 N–H and O–H groups in total. The Labute approximate surface area is 117 Å². The Kier molecular flexibility index (Phi) is 4.19. The molecule has 0 spiro atoms. The van der Waals surface area contributed by atoms with Crippen molar-refractivity contribution in [3.05, 3.63) is 63.1 Å². The van der Waals surface area contributed by atoms with Crippen molar-refractivity contribution in [2.45, 2.75) is 6.54 Å². The van der Waals surface area contributed by atoms with Crippen LogP contribution in [0, 0.1) is 11.6 Å². The predicted molar refractivity (Wildman–Crippen MR) is 72.8 cm³/mol. The van der Waals surface area contributed by atoms with E-state index in [-0.39, 0.29) is 0 Å². The Morgan fingerprint density at radius 3 is 2.50 bits per heavy atom. The van der Waals surface area contributed by atoms with E-state index in [1.165, 1.54) is 6.07 Å². The highest BCUT2D eigenvalue weighted by atomic mass is 79.9. The lowest BCUT2D eigenvalue weighted by Gasteiger charge is -2.07. The van der Waals surface area contributed by atoms with E-state index in [1.807, 2.05) is 12.1 Å². The molecule has 0 amide bonds. The fraction of sp³-hybridized carbons (Fsp3) is 0.0769. The van der Waals surface area contributed by atoms with Crippen molar-refractivity contribution < 1.29 is 8.78 Å². The molecule has 0 heterocycles. The molecule has 0 unspecified atom stereocenters. The van der Waals surface area contributed by atoms with Crippen molar-refractivity contribution in [2.75, 3.05) is 5.32 Å². The molecule has 2 aromatic carbocycles. The maximum absolute atomic E-state index is 13.0. The maximum atomic E-state index is 13.0. The summed E-state index contributed by atoms with van der Waals surface area (Å²) in [4.78, 5) is 0. The summed E-state index contributed by atoms with van der Waals surface area (Å²) < 4.78 is 26.5. The summed E-state index contributed by atoms with van der Waals surface area (Å²) in [5.41, 5.74) is 1.47. The van der Waals surface area contributed by atoms with Crippen LogP contribution in [0.4, 0.5) is 14.5 Å². The van der Waals surface area contributed by atoms with Crippen LogP contribution >= 0.6 is 27.5 Å². The van der Waals surface area contributed by atoms with Gasteiger partial charge in [-0.05, 0) is 45.8 Å². The minimum atomic E-state index is -0.867. The molecular weight excluding hydrogens is 324 g/mol. The third-order valence-electron chi connectivity index (χ3n) is 2.40. The number of hydrogen-bond donors (Lipinski definition) is 1. The topological polar surface area (TPSA) is 12.0 Å². The number of rotatable bonds is 3. The third kappa shape index (κ3) is 3.21. The zero-order valence-electron chi connectivity index (χ0n) is 9.18. The van der Waals surface area contributed by atoms with E-state index in [4.69, 9.17) is 11.6 Å². The van der Waals surface area contributed by atoms with Crippen LogP contribution in [-0.4, -0.2) is 0 Å². The molecule has 1 nitrogen and oxygen atoms in total. The monoisotopic (exact) mass is 331 g/mol. The lowest BCUT2D eigenvalue weighted by Crippen LogP contribution is -2.00. The fourth-order valence-electron chi connectivity index (χ4n) is 1.46. The summed E-state index contributed by atoms with van der Waals surface area (Å²) in [6, 6.07) is 9.23. The molecule has 0 bridgehead atoms. The molecule has 0 saturated carbocycles. The summed E-state index contributed by atoms with van der Waals surface area (Å²) >= 11 is 9.26. The van der Waals surface area contributed by atoms with Crippen LogP contribution in [0.15, 0.2) is 40.9 Å². The molecule has 94 valence electrons. The Bertz CT molecular complexity index is 523. The molecular formula is C13H9BrClF2N. The number of benzene rings is 2. The molecule has 5 heteroatoms. The third-order valence-corrected chi connectivity index (χ3v) is 3.63. The van der Waals surface area contributed by atoms with E-state index in [2.05, 4.69) is 21.2 Å². The molecule has 0 aliphatic rings. The summed E-state index contributed by atoms with van der Waals surface area (Å²) in [6.45, 7) is 0.484. The van der Waals surface area contributed by atoms with Gasteiger partial charge in [0.25, 0.3) is 0 Å². The van der Waals surface area contributed by atoms with E-state index in [1.54, 1.807) is 6.07 Å². The second kappa shape index (κ2) is 5.67. The highest BCUT2D eigenvalue weighted by Gasteiger charge is 2.03. The van der Waals surface area contributed by atoms with Crippen molar-refractivity contribution in [2.24, 2.45) is 0 Å². The first-order chi connectivity index (χ1) is 8.56. The van der Waals surface area contributed by atoms with Gasteiger partial charge in [0.2, 0.25) is 0 Å². The summed E-state index contributed by atoms with van der Waals surface area (Å²) in [7, 11) is 0. The molecule has 0 aliphatic heterocycles. The number of halogens is 4. The van der Waals surface area contributed by atoms with Crippen molar-refractivity contribution in [3.8, 4) is 0 Å². The van der Waals surface area contributed by atoms with Gasteiger partial charge in [-0.2, -0.15) is 0 Å². The van der Waals surface area contributed by atoms with E-state index in [0.717, 1.165) is 22.2 Å². The largest absolute Gasteiger partial charge is 0.381 e. The Balaban J connectivity index is 2.06. The first kappa shape index (κ1) is 13.3. The Hall–Kier alpha value is -1.13. The Morgan fingerprint density at radius 1 is 1.06 bits per heavy atom. The molecule has 0 radical (unpaired) electrons. The zero-order valence-corrected chi connectivity index (χ0v) is 11.5.